The van der Waals surface area contributed by atoms with Gasteiger partial charge >= 0.3 is 0 Å². The van der Waals surface area contributed by atoms with Crippen molar-refractivity contribution in [1.82, 2.24) is 0 Å². The summed E-state index contributed by atoms with van der Waals surface area (Å²) in [6.07, 6.45) is -0.507. The van der Waals surface area contributed by atoms with E-state index >= 15 is 0 Å². The first-order valence-electron chi connectivity index (χ1n) is 5.58. The highest BCUT2D eigenvalue weighted by Gasteiger charge is 2.09. The Morgan fingerprint density at radius 3 is 2.16 bits per heavy atom. The van der Waals surface area contributed by atoms with E-state index in [4.69, 9.17) is 16.3 Å². The molecule has 0 spiro atoms. The fraction of sp³-hybridized carbons (Fsp3) is 0.143. The number of ether oxygens (including phenoxy) is 1. The van der Waals surface area contributed by atoms with Crippen LogP contribution < -0.4 is 4.74 Å². The van der Waals surface area contributed by atoms with Crippen LogP contribution in [0.1, 0.15) is 18.6 Å². The molecule has 0 saturated heterocycles. The van der Waals surface area contributed by atoms with Gasteiger partial charge in [-0.25, -0.2) is 0 Å². The monoisotopic (exact) mass is 404 g/mol. The molecule has 0 amide bonds. The topological polar surface area (TPSA) is 29.5 Å². The van der Waals surface area contributed by atoms with E-state index in [9.17, 15) is 5.11 Å². The molecule has 5 heteroatoms. The van der Waals surface area contributed by atoms with Crippen LogP contribution in [0, 0.1) is 0 Å². The van der Waals surface area contributed by atoms with Crippen molar-refractivity contribution in [3.05, 3.63) is 55.9 Å². The lowest BCUT2D eigenvalue weighted by atomic mass is 10.1. The number of halogens is 3. The molecule has 0 bridgehead atoms. The number of hydrogen-bond acceptors (Lipinski definition) is 2. The summed E-state index contributed by atoms with van der Waals surface area (Å²) in [5, 5.41) is 10.2. The molecule has 100 valence electrons. The molecule has 0 aromatic heterocycles. The van der Waals surface area contributed by atoms with E-state index in [2.05, 4.69) is 31.9 Å². The first-order chi connectivity index (χ1) is 8.97. The lowest BCUT2D eigenvalue weighted by Crippen LogP contribution is -1.92. The van der Waals surface area contributed by atoms with Gasteiger partial charge in [-0.05, 0) is 74.7 Å². The Morgan fingerprint density at radius 2 is 1.63 bits per heavy atom. The van der Waals surface area contributed by atoms with Gasteiger partial charge in [-0.1, -0.05) is 17.7 Å². The Kier molecular flexibility index (Phi) is 4.90. The second-order valence-electron chi connectivity index (χ2n) is 4.04. The second-order valence-corrected chi connectivity index (χ2v) is 6.19. The number of hydrogen-bond donors (Lipinski definition) is 1. The Hall–Kier alpha value is -0.550. The zero-order valence-corrected chi connectivity index (χ0v) is 14.0. The zero-order chi connectivity index (χ0) is 14.0. The Balaban J connectivity index is 2.28. The first kappa shape index (κ1) is 14.9. The van der Waals surface area contributed by atoms with Crippen LogP contribution in [0.3, 0.4) is 0 Å². The van der Waals surface area contributed by atoms with Crippen molar-refractivity contribution in [3.63, 3.8) is 0 Å². The number of benzene rings is 2. The maximum absolute atomic E-state index is 9.52. The first-order valence-corrected chi connectivity index (χ1v) is 7.54. The normalized spacial score (nSPS) is 12.3. The maximum atomic E-state index is 9.52. The number of aliphatic hydroxyl groups excluding tert-OH is 1. The average molecular weight is 407 g/mol. The van der Waals surface area contributed by atoms with Gasteiger partial charge in [0.15, 0.2) is 0 Å². The third kappa shape index (κ3) is 3.72. The average Bonchev–Trinajstić information content (AvgIpc) is 2.34. The molecular weight excluding hydrogens is 395 g/mol. The highest BCUT2D eigenvalue weighted by Crippen LogP contribution is 2.36. The van der Waals surface area contributed by atoms with E-state index in [1.807, 2.05) is 18.2 Å². The predicted molar refractivity (Wildman–Crippen MR) is 84.0 cm³/mol. The zero-order valence-electron chi connectivity index (χ0n) is 10.0. The molecule has 1 N–H and O–H groups in total. The van der Waals surface area contributed by atoms with Gasteiger partial charge in [0.2, 0.25) is 0 Å². The second kappa shape index (κ2) is 6.27. The van der Waals surface area contributed by atoms with Gasteiger partial charge in [0.05, 0.1) is 15.0 Å². The summed E-state index contributed by atoms with van der Waals surface area (Å²) in [6.45, 7) is 1.72. The summed E-state index contributed by atoms with van der Waals surface area (Å²) >= 11 is 12.7. The van der Waals surface area contributed by atoms with E-state index in [0.717, 1.165) is 14.5 Å². The molecule has 0 radical (unpaired) electrons. The Labute approximate surface area is 133 Å². The Bertz CT molecular complexity index is 600. The van der Waals surface area contributed by atoms with Gasteiger partial charge in [-0.3, -0.25) is 0 Å². The third-order valence-electron chi connectivity index (χ3n) is 2.55. The minimum atomic E-state index is -0.507. The van der Waals surface area contributed by atoms with Crippen molar-refractivity contribution in [3.8, 4) is 11.5 Å². The fourth-order valence-electron chi connectivity index (χ4n) is 1.54. The standard InChI is InChI=1S/C14H11Br2ClO2/c1-8(18)9-2-4-13(11(15)6-9)19-14-5-3-10(17)7-12(14)16/h2-8,18H,1H3. The van der Waals surface area contributed by atoms with Crippen LogP contribution in [0.25, 0.3) is 0 Å². The van der Waals surface area contributed by atoms with E-state index in [1.54, 1.807) is 25.1 Å². The van der Waals surface area contributed by atoms with Crippen LogP contribution in [-0.2, 0) is 0 Å². The molecule has 0 aliphatic carbocycles. The van der Waals surface area contributed by atoms with Gasteiger partial charge in [0.25, 0.3) is 0 Å². The molecule has 2 aromatic carbocycles. The van der Waals surface area contributed by atoms with Crippen LogP contribution in [0.15, 0.2) is 45.3 Å². The van der Waals surface area contributed by atoms with Gasteiger partial charge in [0.1, 0.15) is 11.5 Å². The number of aliphatic hydroxyl groups is 1. The quantitative estimate of drug-likeness (QED) is 0.707. The van der Waals surface area contributed by atoms with E-state index in [-0.39, 0.29) is 0 Å². The maximum Gasteiger partial charge on any atom is 0.141 e. The van der Waals surface area contributed by atoms with Crippen LogP contribution in [0.5, 0.6) is 11.5 Å². The van der Waals surface area contributed by atoms with Crippen LogP contribution in [0.4, 0.5) is 0 Å². The van der Waals surface area contributed by atoms with Gasteiger partial charge in [-0.2, -0.15) is 0 Å². The molecule has 2 aromatic rings. The molecule has 2 nitrogen and oxygen atoms in total. The van der Waals surface area contributed by atoms with Crippen LogP contribution in [0.2, 0.25) is 5.02 Å². The fourth-order valence-corrected chi connectivity index (χ4v) is 2.78. The third-order valence-corrected chi connectivity index (χ3v) is 4.03. The molecule has 0 aliphatic heterocycles. The molecule has 2 rings (SSSR count). The van der Waals surface area contributed by atoms with Gasteiger partial charge in [0, 0.05) is 5.02 Å². The van der Waals surface area contributed by atoms with E-state index in [0.29, 0.717) is 16.5 Å². The van der Waals surface area contributed by atoms with Gasteiger partial charge in [-0.15, -0.1) is 0 Å². The minimum absolute atomic E-state index is 0.507. The van der Waals surface area contributed by atoms with Crippen molar-refractivity contribution in [1.29, 1.82) is 0 Å². The van der Waals surface area contributed by atoms with Crippen molar-refractivity contribution < 1.29 is 9.84 Å². The molecule has 1 atom stereocenters. The molecule has 0 aliphatic rings. The summed E-state index contributed by atoms with van der Waals surface area (Å²) in [5.74, 6) is 1.35. The van der Waals surface area contributed by atoms with E-state index in [1.165, 1.54) is 0 Å². The Morgan fingerprint density at radius 1 is 1.05 bits per heavy atom. The van der Waals surface area contributed by atoms with Crippen LogP contribution >= 0.6 is 43.5 Å². The van der Waals surface area contributed by atoms with Gasteiger partial charge < -0.3 is 9.84 Å². The largest absolute Gasteiger partial charge is 0.455 e. The summed E-state index contributed by atoms with van der Waals surface area (Å²) in [5.41, 5.74) is 0.828. The summed E-state index contributed by atoms with van der Waals surface area (Å²) in [6, 6.07) is 10.8. The molecule has 0 fully saturated rings. The SMILES string of the molecule is CC(O)c1ccc(Oc2ccc(Cl)cc2Br)c(Br)c1. The molecule has 1 unspecified atom stereocenters. The van der Waals surface area contributed by atoms with Crippen molar-refractivity contribution in [2.45, 2.75) is 13.0 Å². The van der Waals surface area contributed by atoms with Crippen molar-refractivity contribution >= 4 is 43.5 Å². The van der Waals surface area contributed by atoms with Crippen LogP contribution in [-0.4, -0.2) is 5.11 Å². The highest BCUT2D eigenvalue weighted by atomic mass is 79.9. The molecule has 0 heterocycles. The summed E-state index contributed by atoms with van der Waals surface area (Å²) in [7, 11) is 0. The predicted octanol–water partition coefficient (Wildman–Crippen LogP) is 5.71. The lowest BCUT2D eigenvalue weighted by Gasteiger charge is -2.12. The van der Waals surface area contributed by atoms with E-state index < -0.39 is 6.10 Å². The smallest absolute Gasteiger partial charge is 0.141 e. The summed E-state index contributed by atoms with van der Waals surface area (Å²) < 4.78 is 7.36. The van der Waals surface area contributed by atoms with Crippen molar-refractivity contribution in [2.24, 2.45) is 0 Å². The van der Waals surface area contributed by atoms with Crippen molar-refractivity contribution in [2.75, 3.05) is 0 Å². The molecular formula is C14H11Br2ClO2. The molecule has 19 heavy (non-hydrogen) atoms. The highest BCUT2D eigenvalue weighted by molar-refractivity contribution is 9.11. The summed E-state index contributed by atoms with van der Waals surface area (Å²) in [4.78, 5) is 0. The lowest BCUT2D eigenvalue weighted by molar-refractivity contribution is 0.199. The molecule has 0 saturated carbocycles. The number of rotatable bonds is 3. The minimum Gasteiger partial charge on any atom is -0.455 e.